The first-order valence-corrected chi connectivity index (χ1v) is 11.6. The van der Waals surface area contributed by atoms with Gasteiger partial charge >= 0.3 is 0 Å². The molecular weight excluding hydrogens is 474 g/mol. The maximum atomic E-state index is 13.9. The van der Waals surface area contributed by atoms with Gasteiger partial charge in [-0.1, -0.05) is 6.07 Å². The number of carbonyl (C=O) groups excluding carboxylic acids is 2. The number of aromatic nitrogens is 1. The van der Waals surface area contributed by atoms with Gasteiger partial charge in [0.1, 0.15) is 29.4 Å². The Balaban J connectivity index is 2.42. The Labute approximate surface area is 193 Å². The number of aldehydes is 1. The van der Waals surface area contributed by atoms with Crippen molar-refractivity contribution in [3.8, 4) is 0 Å². The number of nitrogens with zero attached hydrogens (tertiary/aromatic N) is 2. The van der Waals surface area contributed by atoms with Gasteiger partial charge in [0.15, 0.2) is 5.96 Å². The fourth-order valence-electron chi connectivity index (χ4n) is 3.17. The van der Waals surface area contributed by atoms with Crippen molar-refractivity contribution in [1.82, 2.24) is 4.98 Å². The van der Waals surface area contributed by atoms with Crippen LogP contribution in [0.15, 0.2) is 40.2 Å². The Hall–Kier alpha value is -3.81. The third kappa shape index (κ3) is 6.84. The second-order valence-electron chi connectivity index (χ2n) is 7.17. The topological polar surface area (TPSA) is 181 Å². The highest BCUT2D eigenvalue weighted by Crippen LogP contribution is 2.27. The van der Waals surface area contributed by atoms with E-state index in [0.29, 0.717) is 12.7 Å². The lowest BCUT2D eigenvalue weighted by Crippen LogP contribution is -2.42. The van der Waals surface area contributed by atoms with Crippen molar-refractivity contribution in [2.45, 2.75) is 31.6 Å². The molecule has 14 heteroatoms. The summed E-state index contributed by atoms with van der Waals surface area (Å²) in [5.41, 5.74) is 8.04. The first kappa shape index (κ1) is 26.4. The number of rotatable bonds is 11. The zero-order valence-corrected chi connectivity index (χ0v) is 18.9. The maximum Gasteiger partial charge on any atom is 0.274 e. The molecule has 0 aliphatic carbocycles. The number of aliphatic imine (C=N–C) groups is 1. The van der Waals surface area contributed by atoms with Crippen LogP contribution in [0.5, 0.6) is 0 Å². The van der Waals surface area contributed by atoms with Gasteiger partial charge in [0.2, 0.25) is 15.9 Å². The van der Waals surface area contributed by atoms with Crippen LogP contribution >= 0.6 is 0 Å². The lowest BCUT2D eigenvalue weighted by atomic mass is 10.1. The first-order valence-electron chi connectivity index (χ1n) is 9.92. The van der Waals surface area contributed by atoms with Crippen molar-refractivity contribution in [2.24, 2.45) is 16.5 Å². The van der Waals surface area contributed by atoms with Crippen LogP contribution in [0.4, 0.5) is 20.2 Å². The van der Waals surface area contributed by atoms with Crippen LogP contribution < -0.4 is 26.6 Å². The molecule has 0 fully saturated rings. The fourth-order valence-corrected chi connectivity index (χ4v) is 4.40. The van der Waals surface area contributed by atoms with E-state index in [2.05, 4.69) is 9.98 Å². The number of H-pyrrole nitrogens is 1. The predicted octanol–water partition coefficient (Wildman–Crippen LogP) is 0.569. The van der Waals surface area contributed by atoms with Crippen LogP contribution in [-0.2, 0) is 25.4 Å². The summed E-state index contributed by atoms with van der Waals surface area (Å²) in [5, 5.41) is 0. The number of halogens is 2. The molecule has 0 bridgehead atoms. The van der Waals surface area contributed by atoms with Crippen molar-refractivity contribution < 1.29 is 26.8 Å². The molecule has 184 valence electrons. The van der Waals surface area contributed by atoms with Gasteiger partial charge in [0.05, 0.1) is 11.7 Å². The fraction of sp³-hybridized carbons (Fsp3) is 0.300. The SMILES string of the molecule is CC(=O)N(c1cc[nH]c(=O)c1NS(=O)(=O)Cc1c(F)cccc1F)[C@H](C=O)CCCN=C(N)N. The van der Waals surface area contributed by atoms with Crippen LogP contribution in [0.2, 0.25) is 0 Å². The number of sulfonamides is 1. The van der Waals surface area contributed by atoms with Crippen molar-refractivity contribution in [2.75, 3.05) is 16.2 Å². The minimum absolute atomic E-state index is 0.0965. The summed E-state index contributed by atoms with van der Waals surface area (Å²) < 4.78 is 55.2. The lowest BCUT2D eigenvalue weighted by molar-refractivity contribution is -0.119. The third-order valence-electron chi connectivity index (χ3n) is 4.63. The highest BCUT2D eigenvalue weighted by atomic mass is 32.2. The summed E-state index contributed by atoms with van der Waals surface area (Å²) in [6.45, 7) is 1.29. The average Bonchev–Trinajstić information content (AvgIpc) is 2.74. The summed E-state index contributed by atoms with van der Waals surface area (Å²) >= 11 is 0. The van der Waals surface area contributed by atoms with E-state index in [1.807, 2.05) is 4.72 Å². The van der Waals surface area contributed by atoms with Gasteiger partial charge < -0.3 is 26.1 Å². The number of guanidine groups is 1. The first-order chi connectivity index (χ1) is 16.0. The normalized spacial score (nSPS) is 12.0. The number of aromatic amines is 1. The molecule has 0 spiro atoms. The van der Waals surface area contributed by atoms with Gasteiger partial charge in [-0.25, -0.2) is 17.2 Å². The maximum absolute atomic E-state index is 13.9. The number of anilines is 2. The highest BCUT2D eigenvalue weighted by Gasteiger charge is 2.28. The summed E-state index contributed by atoms with van der Waals surface area (Å²) in [6, 6.07) is 3.00. The Morgan fingerprint density at radius 3 is 2.47 bits per heavy atom. The highest BCUT2D eigenvalue weighted by molar-refractivity contribution is 7.91. The van der Waals surface area contributed by atoms with Crippen LogP contribution in [0.3, 0.4) is 0 Å². The number of nitrogens with one attached hydrogen (secondary N) is 2. The molecular formula is C20H24F2N6O5S. The Kier molecular flexibility index (Phi) is 8.83. The summed E-state index contributed by atoms with van der Waals surface area (Å²) in [5.74, 6) is -4.09. The number of pyridine rings is 1. The van der Waals surface area contributed by atoms with Gasteiger partial charge in [-0.15, -0.1) is 0 Å². The molecule has 2 aromatic rings. The zero-order valence-electron chi connectivity index (χ0n) is 18.1. The molecule has 0 saturated heterocycles. The van der Waals surface area contributed by atoms with Crippen molar-refractivity contribution >= 4 is 39.6 Å². The third-order valence-corrected chi connectivity index (χ3v) is 5.82. The molecule has 0 radical (unpaired) electrons. The molecule has 1 heterocycles. The molecule has 1 aromatic heterocycles. The molecule has 11 nitrogen and oxygen atoms in total. The van der Waals surface area contributed by atoms with Gasteiger partial charge in [0, 0.05) is 25.2 Å². The minimum Gasteiger partial charge on any atom is -0.370 e. The van der Waals surface area contributed by atoms with E-state index < -0.39 is 56.2 Å². The monoisotopic (exact) mass is 498 g/mol. The van der Waals surface area contributed by atoms with Crippen molar-refractivity contribution in [1.29, 1.82) is 0 Å². The van der Waals surface area contributed by atoms with Crippen molar-refractivity contribution in [3.63, 3.8) is 0 Å². The number of benzene rings is 1. The molecule has 34 heavy (non-hydrogen) atoms. The Morgan fingerprint density at radius 2 is 1.91 bits per heavy atom. The van der Waals surface area contributed by atoms with E-state index in [1.54, 1.807) is 0 Å². The van der Waals surface area contributed by atoms with Crippen LogP contribution in [-0.4, -0.2) is 44.1 Å². The molecule has 0 unspecified atom stereocenters. The van der Waals surface area contributed by atoms with E-state index >= 15 is 0 Å². The summed E-state index contributed by atoms with van der Waals surface area (Å²) in [7, 11) is -4.52. The number of amides is 1. The van der Waals surface area contributed by atoms with E-state index in [0.717, 1.165) is 36.2 Å². The number of hydrogen-bond acceptors (Lipinski definition) is 6. The average molecular weight is 499 g/mol. The predicted molar refractivity (Wildman–Crippen MR) is 123 cm³/mol. The zero-order chi connectivity index (χ0) is 25.5. The minimum atomic E-state index is -4.52. The largest absolute Gasteiger partial charge is 0.370 e. The molecule has 1 atom stereocenters. The standard InChI is InChI=1S/C20H24F2N6O5S/c1-12(30)28(13(10-29)4-3-8-26-20(23)24)17-7-9-25-19(31)18(17)27-34(32,33)11-14-15(21)5-2-6-16(14)22/h2,5-7,9-10,13,27H,3-4,8,11H2,1H3,(H,25,31)(H4,23,24,26)/t13-/m0/s1. The van der Waals surface area contributed by atoms with E-state index in [1.165, 1.54) is 6.07 Å². The lowest BCUT2D eigenvalue weighted by Gasteiger charge is -2.28. The quantitative estimate of drug-likeness (QED) is 0.151. The Morgan fingerprint density at radius 1 is 1.26 bits per heavy atom. The van der Waals surface area contributed by atoms with E-state index in [9.17, 15) is 31.6 Å². The second-order valence-corrected chi connectivity index (χ2v) is 8.89. The number of nitrogens with two attached hydrogens (primary N) is 2. The molecule has 1 aromatic carbocycles. The molecule has 2 rings (SSSR count). The van der Waals surface area contributed by atoms with Crippen molar-refractivity contribution in [3.05, 3.63) is 58.0 Å². The molecule has 0 saturated carbocycles. The Bertz CT molecular complexity index is 1220. The summed E-state index contributed by atoms with van der Waals surface area (Å²) in [4.78, 5) is 43.6. The summed E-state index contributed by atoms with van der Waals surface area (Å²) in [6.07, 6.45) is 2.01. The van der Waals surface area contributed by atoms with Crippen LogP contribution in [0.25, 0.3) is 0 Å². The molecule has 6 N–H and O–H groups in total. The van der Waals surface area contributed by atoms with Gasteiger partial charge in [0.25, 0.3) is 5.56 Å². The molecule has 1 amide bonds. The van der Waals surface area contributed by atoms with Crippen LogP contribution in [0, 0.1) is 11.6 Å². The smallest absolute Gasteiger partial charge is 0.274 e. The van der Waals surface area contributed by atoms with Gasteiger partial charge in [-0.05, 0) is 31.0 Å². The number of hydrogen-bond donors (Lipinski definition) is 4. The second kappa shape index (κ2) is 11.4. The van der Waals surface area contributed by atoms with Crippen LogP contribution in [0.1, 0.15) is 25.3 Å². The molecule has 0 aliphatic rings. The van der Waals surface area contributed by atoms with E-state index in [-0.39, 0.29) is 24.6 Å². The molecule has 0 aliphatic heterocycles. The van der Waals surface area contributed by atoms with E-state index in [4.69, 9.17) is 11.5 Å². The van der Waals surface area contributed by atoms with Gasteiger partial charge in [-0.3, -0.25) is 19.3 Å². The number of carbonyl (C=O) groups is 2. The van der Waals surface area contributed by atoms with Gasteiger partial charge in [-0.2, -0.15) is 0 Å².